The maximum absolute atomic E-state index is 13.7. The van der Waals surface area contributed by atoms with E-state index in [2.05, 4.69) is 20.8 Å². The lowest BCUT2D eigenvalue weighted by Crippen LogP contribution is -2.35. The molecule has 150 valence electrons. The number of halogens is 3. The van der Waals surface area contributed by atoms with Gasteiger partial charge in [-0.2, -0.15) is 17.9 Å². The van der Waals surface area contributed by atoms with Crippen molar-refractivity contribution in [3.05, 3.63) is 35.0 Å². The minimum atomic E-state index is -4.88. The number of ether oxygens (including phenoxy) is 3. The summed E-state index contributed by atoms with van der Waals surface area (Å²) in [6.45, 7) is 1.38. The fraction of sp³-hybridized carbons (Fsp3) is 0.375. The Bertz CT molecular complexity index is 925. The van der Waals surface area contributed by atoms with E-state index in [1.165, 1.54) is 39.3 Å². The number of benzene rings is 1. The van der Waals surface area contributed by atoms with Crippen molar-refractivity contribution >= 4 is 11.9 Å². The minimum absolute atomic E-state index is 0.109. The maximum Gasteiger partial charge on any atom is 0.431 e. The second-order valence-electron chi connectivity index (χ2n) is 5.59. The van der Waals surface area contributed by atoms with E-state index in [0.29, 0.717) is 5.75 Å². The van der Waals surface area contributed by atoms with Crippen molar-refractivity contribution in [3.8, 4) is 11.5 Å². The normalized spacial score (nSPS) is 16.3. The van der Waals surface area contributed by atoms with E-state index in [1.54, 1.807) is 0 Å². The molecule has 1 aliphatic rings. The molecule has 1 atom stereocenters. The first kappa shape index (κ1) is 19.5. The summed E-state index contributed by atoms with van der Waals surface area (Å²) in [5.74, 6) is -0.810. The number of esters is 1. The number of nitrogens with one attached hydrogen (secondary N) is 1. The molecule has 0 fully saturated rings. The Morgan fingerprint density at radius 3 is 2.64 bits per heavy atom. The van der Waals surface area contributed by atoms with Gasteiger partial charge in [-0.15, -0.1) is 0 Å². The van der Waals surface area contributed by atoms with Gasteiger partial charge in [0.05, 0.1) is 26.4 Å². The molecule has 9 nitrogen and oxygen atoms in total. The molecular weight excluding hydrogens is 383 g/mol. The quantitative estimate of drug-likeness (QED) is 0.763. The van der Waals surface area contributed by atoms with E-state index in [1.807, 2.05) is 0 Å². The lowest BCUT2D eigenvalue weighted by molar-refractivity contribution is -0.140. The molecule has 0 radical (unpaired) electrons. The van der Waals surface area contributed by atoms with Crippen molar-refractivity contribution in [2.45, 2.75) is 19.1 Å². The molecule has 1 N–H and O–H groups in total. The topological polar surface area (TPSA) is 100 Å². The third-order valence-electron chi connectivity index (χ3n) is 4.03. The Hall–Kier alpha value is -3.31. The number of hydrogen-bond donors (Lipinski definition) is 1. The number of methoxy groups -OCH3 is 2. The zero-order valence-electron chi connectivity index (χ0n) is 15.1. The lowest BCUT2D eigenvalue weighted by atomic mass is 9.94. The van der Waals surface area contributed by atoms with Crippen molar-refractivity contribution in [1.82, 2.24) is 20.2 Å². The number of carbonyl (C=O) groups is 1. The standard InChI is InChI=1S/C16H16F3N5O4/c1-4-28-14(25)11-12(9-6-5-8(26-2)7-10(9)27-3)24-15(21-22-23-24)20-13(11)16(17,18)19/h5-7,12H,4H2,1-3H3,(H,20,21,23)/t12-/m0/s1. The van der Waals surface area contributed by atoms with Gasteiger partial charge >= 0.3 is 12.1 Å². The number of tetrazole rings is 1. The number of anilines is 1. The van der Waals surface area contributed by atoms with E-state index < -0.39 is 29.5 Å². The van der Waals surface area contributed by atoms with E-state index in [0.717, 1.165) is 4.68 Å². The van der Waals surface area contributed by atoms with Crippen LogP contribution in [0.1, 0.15) is 18.5 Å². The average Bonchev–Trinajstić information content (AvgIpc) is 3.14. The average molecular weight is 399 g/mol. The minimum Gasteiger partial charge on any atom is -0.497 e. The fourth-order valence-corrected chi connectivity index (χ4v) is 2.87. The highest BCUT2D eigenvalue weighted by atomic mass is 19.4. The van der Waals surface area contributed by atoms with Crippen molar-refractivity contribution in [1.29, 1.82) is 0 Å². The van der Waals surface area contributed by atoms with Crippen LogP contribution in [0.4, 0.5) is 19.1 Å². The van der Waals surface area contributed by atoms with E-state index in [-0.39, 0.29) is 23.9 Å². The van der Waals surface area contributed by atoms with Crippen LogP contribution in [0.25, 0.3) is 0 Å². The SMILES string of the molecule is CCOC(=O)C1=C(C(F)(F)F)Nc2nnnn2[C@H]1c1ccc(OC)cc1OC. The predicted octanol–water partition coefficient (Wildman–Crippen LogP) is 2.08. The van der Waals surface area contributed by atoms with E-state index >= 15 is 0 Å². The smallest absolute Gasteiger partial charge is 0.431 e. The molecule has 0 unspecified atom stereocenters. The summed E-state index contributed by atoms with van der Waals surface area (Å²) < 4.78 is 57.5. The molecule has 12 heteroatoms. The number of allylic oxidation sites excluding steroid dienone is 1. The van der Waals surface area contributed by atoms with Crippen molar-refractivity contribution in [2.75, 3.05) is 26.1 Å². The molecule has 28 heavy (non-hydrogen) atoms. The Balaban J connectivity index is 2.29. The second kappa shape index (κ2) is 7.37. The highest BCUT2D eigenvalue weighted by molar-refractivity contribution is 5.93. The first-order valence-electron chi connectivity index (χ1n) is 8.07. The highest BCUT2D eigenvalue weighted by Crippen LogP contribution is 2.43. The van der Waals surface area contributed by atoms with Crippen LogP contribution in [0.15, 0.2) is 29.5 Å². The number of fused-ring (bicyclic) bond motifs is 1. The molecule has 1 aromatic heterocycles. The molecular formula is C16H16F3N5O4. The Morgan fingerprint density at radius 1 is 1.29 bits per heavy atom. The number of rotatable bonds is 5. The molecule has 0 amide bonds. The zero-order valence-corrected chi connectivity index (χ0v) is 15.1. The van der Waals surface area contributed by atoms with Gasteiger partial charge in [0.15, 0.2) is 0 Å². The van der Waals surface area contributed by atoms with Crippen LogP contribution in [0.5, 0.6) is 11.5 Å². The molecule has 2 heterocycles. The Morgan fingerprint density at radius 2 is 2.04 bits per heavy atom. The third-order valence-corrected chi connectivity index (χ3v) is 4.03. The molecule has 1 aliphatic heterocycles. The van der Waals surface area contributed by atoms with E-state index in [9.17, 15) is 18.0 Å². The molecule has 2 aromatic rings. The molecule has 0 saturated heterocycles. The maximum atomic E-state index is 13.7. The van der Waals surface area contributed by atoms with Crippen LogP contribution in [-0.4, -0.2) is 53.2 Å². The third kappa shape index (κ3) is 3.32. The van der Waals surface area contributed by atoms with Crippen LogP contribution in [0.2, 0.25) is 0 Å². The van der Waals surface area contributed by atoms with Crippen LogP contribution in [-0.2, 0) is 9.53 Å². The van der Waals surface area contributed by atoms with Gasteiger partial charge in [0, 0.05) is 11.6 Å². The monoisotopic (exact) mass is 399 g/mol. The lowest BCUT2D eigenvalue weighted by Gasteiger charge is -2.30. The number of alkyl halides is 3. The summed E-state index contributed by atoms with van der Waals surface area (Å²) in [4.78, 5) is 12.5. The van der Waals surface area contributed by atoms with Gasteiger partial charge in [-0.05, 0) is 29.5 Å². The molecule has 0 spiro atoms. The predicted molar refractivity (Wildman–Crippen MR) is 88.8 cm³/mol. The largest absolute Gasteiger partial charge is 0.497 e. The molecule has 3 rings (SSSR count). The van der Waals surface area contributed by atoms with Gasteiger partial charge in [0.25, 0.3) is 0 Å². The first-order valence-corrected chi connectivity index (χ1v) is 8.07. The Kier molecular flexibility index (Phi) is 5.12. The zero-order chi connectivity index (χ0) is 20.5. The first-order chi connectivity index (χ1) is 13.3. The Labute approximate surface area is 157 Å². The number of nitrogens with zero attached hydrogens (tertiary/aromatic N) is 4. The van der Waals surface area contributed by atoms with E-state index in [4.69, 9.17) is 14.2 Å². The molecule has 0 saturated carbocycles. The fourth-order valence-electron chi connectivity index (χ4n) is 2.87. The van der Waals surface area contributed by atoms with Crippen molar-refractivity contribution < 1.29 is 32.2 Å². The van der Waals surface area contributed by atoms with Crippen LogP contribution in [0, 0.1) is 0 Å². The van der Waals surface area contributed by atoms with Crippen LogP contribution < -0.4 is 14.8 Å². The highest BCUT2D eigenvalue weighted by Gasteiger charge is 2.47. The van der Waals surface area contributed by atoms with Crippen LogP contribution >= 0.6 is 0 Å². The van der Waals surface area contributed by atoms with Gasteiger partial charge in [-0.25, -0.2) is 4.79 Å². The summed E-state index contributed by atoms with van der Waals surface area (Å²) in [5, 5.41) is 12.8. The second-order valence-corrected chi connectivity index (χ2v) is 5.59. The summed E-state index contributed by atoms with van der Waals surface area (Å²) in [6, 6.07) is 3.16. The molecule has 0 aliphatic carbocycles. The number of carbonyl (C=O) groups excluding carboxylic acids is 1. The summed E-state index contributed by atoms with van der Waals surface area (Å²) in [6.07, 6.45) is -4.88. The van der Waals surface area contributed by atoms with Gasteiger partial charge < -0.3 is 19.5 Å². The summed E-state index contributed by atoms with van der Waals surface area (Å²) in [5.41, 5.74) is -1.75. The van der Waals surface area contributed by atoms with Gasteiger partial charge in [0.1, 0.15) is 23.2 Å². The number of hydrogen-bond acceptors (Lipinski definition) is 8. The summed E-state index contributed by atoms with van der Waals surface area (Å²) >= 11 is 0. The van der Waals surface area contributed by atoms with Gasteiger partial charge in [-0.3, -0.25) is 0 Å². The molecule has 1 aromatic carbocycles. The van der Waals surface area contributed by atoms with Crippen molar-refractivity contribution in [3.63, 3.8) is 0 Å². The molecule has 0 bridgehead atoms. The number of aromatic nitrogens is 4. The van der Waals surface area contributed by atoms with Crippen molar-refractivity contribution in [2.24, 2.45) is 0 Å². The van der Waals surface area contributed by atoms with Gasteiger partial charge in [-0.1, -0.05) is 5.10 Å². The summed E-state index contributed by atoms with van der Waals surface area (Å²) in [7, 11) is 2.78. The van der Waals surface area contributed by atoms with Crippen LogP contribution in [0.3, 0.4) is 0 Å². The van der Waals surface area contributed by atoms with Gasteiger partial charge in [0.2, 0.25) is 5.95 Å².